The lowest BCUT2D eigenvalue weighted by Gasteiger charge is -2.42. The van der Waals surface area contributed by atoms with Gasteiger partial charge in [0, 0.05) is 25.2 Å². The maximum Gasteiger partial charge on any atom is 0.261 e. The molecule has 2 amide bonds. The van der Waals surface area contributed by atoms with Crippen molar-refractivity contribution in [2.45, 2.75) is 44.9 Å². The van der Waals surface area contributed by atoms with E-state index in [9.17, 15) is 14.4 Å². The SMILES string of the molecule is Cc1cc(C)c(C(=O)N2CC[C@@]34OCCCN3C(=O)C[C@@H]24)c(=O)[nH]1. The van der Waals surface area contributed by atoms with E-state index in [2.05, 4.69) is 4.98 Å². The summed E-state index contributed by atoms with van der Waals surface area (Å²) < 4.78 is 6.00. The van der Waals surface area contributed by atoms with Crippen LogP contribution in [-0.4, -0.2) is 58.1 Å². The molecule has 1 aromatic rings. The number of ether oxygens (including phenoxy) is 1. The normalized spacial score (nSPS) is 28.9. The predicted octanol–water partition coefficient (Wildman–Crippen LogP) is 0.555. The topological polar surface area (TPSA) is 82.7 Å². The van der Waals surface area contributed by atoms with E-state index in [0.717, 1.165) is 12.1 Å². The van der Waals surface area contributed by atoms with Gasteiger partial charge in [-0.25, -0.2) is 0 Å². The number of amides is 2. The molecular formula is C17H21N3O4. The van der Waals surface area contributed by atoms with Crippen LogP contribution in [0.2, 0.25) is 0 Å². The summed E-state index contributed by atoms with van der Waals surface area (Å²) >= 11 is 0. The lowest BCUT2D eigenvalue weighted by atomic mass is 10.0. The molecule has 3 aliphatic heterocycles. The molecule has 1 N–H and O–H groups in total. The number of nitrogens with one attached hydrogen (secondary N) is 1. The van der Waals surface area contributed by atoms with Crippen molar-refractivity contribution in [1.29, 1.82) is 0 Å². The Kier molecular flexibility index (Phi) is 3.32. The number of nitrogens with zero attached hydrogens (tertiary/aromatic N) is 2. The van der Waals surface area contributed by atoms with Gasteiger partial charge in [0.05, 0.1) is 19.1 Å². The van der Waals surface area contributed by atoms with E-state index in [0.29, 0.717) is 31.7 Å². The van der Waals surface area contributed by atoms with Gasteiger partial charge in [0.1, 0.15) is 5.56 Å². The number of rotatable bonds is 1. The Bertz CT molecular complexity index is 787. The zero-order valence-corrected chi connectivity index (χ0v) is 13.9. The fraction of sp³-hybridized carbons (Fsp3) is 0.588. The molecule has 0 saturated carbocycles. The van der Waals surface area contributed by atoms with Crippen LogP contribution in [0.15, 0.2) is 10.9 Å². The summed E-state index contributed by atoms with van der Waals surface area (Å²) in [6.07, 6.45) is 1.71. The zero-order valence-electron chi connectivity index (χ0n) is 13.9. The van der Waals surface area contributed by atoms with Gasteiger partial charge in [0.25, 0.3) is 11.5 Å². The molecule has 4 heterocycles. The van der Waals surface area contributed by atoms with Crippen LogP contribution in [-0.2, 0) is 9.53 Å². The second kappa shape index (κ2) is 5.17. The molecule has 4 rings (SSSR count). The molecular weight excluding hydrogens is 310 g/mol. The lowest BCUT2D eigenvalue weighted by Crippen LogP contribution is -2.56. The molecule has 3 aliphatic rings. The molecule has 3 saturated heterocycles. The molecule has 24 heavy (non-hydrogen) atoms. The van der Waals surface area contributed by atoms with Crippen molar-refractivity contribution in [3.63, 3.8) is 0 Å². The van der Waals surface area contributed by atoms with E-state index in [1.54, 1.807) is 29.7 Å². The van der Waals surface area contributed by atoms with Gasteiger partial charge in [0.2, 0.25) is 5.91 Å². The van der Waals surface area contributed by atoms with Gasteiger partial charge >= 0.3 is 0 Å². The average Bonchev–Trinajstić information content (AvgIpc) is 2.98. The first-order chi connectivity index (χ1) is 11.4. The number of pyridine rings is 1. The number of H-pyrrole nitrogens is 1. The summed E-state index contributed by atoms with van der Waals surface area (Å²) in [5.41, 5.74) is 0.498. The summed E-state index contributed by atoms with van der Waals surface area (Å²) in [5.74, 6) is -0.272. The molecule has 128 valence electrons. The first kappa shape index (κ1) is 15.4. The van der Waals surface area contributed by atoms with E-state index >= 15 is 0 Å². The van der Waals surface area contributed by atoms with Crippen LogP contribution in [0, 0.1) is 13.8 Å². The summed E-state index contributed by atoms with van der Waals surface area (Å²) in [7, 11) is 0. The van der Waals surface area contributed by atoms with Crippen LogP contribution in [0.1, 0.15) is 40.9 Å². The third-order valence-electron chi connectivity index (χ3n) is 5.45. The van der Waals surface area contributed by atoms with Gasteiger partial charge < -0.3 is 19.5 Å². The number of aromatic nitrogens is 1. The maximum absolute atomic E-state index is 13.0. The minimum Gasteiger partial charge on any atom is -0.353 e. The van der Waals surface area contributed by atoms with Crippen LogP contribution < -0.4 is 5.56 Å². The monoisotopic (exact) mass is 331 g/mol. The van der Waals surface area contributed by atoms with Gasteiger partial charge in [-0.1, -0.05) is 0 Å². The van der Waals surface area contributed by atoms with Crippen molar-refractivity contribution in [1.82, 2.24) is 14.8 Å². The third kappa shape index (κ3) is 1.97. The highest BCUT2D eigenvalue weighted by molar-refractivity contribution is 5.96. The van der Waals surface area contributed by atoms with Gasteiger partial charge in [0.15, 0.2) is 5.72 Å². The first-order valence-electron chi connectivity index (χ1n) is 8.40. The molecule has 2 atom stereocenters. The predicted molar refractivity (Wildman–Crippen MR) is 85.6 cm³/mol. The molecule has 7 heteroatoms. The lowest BCUT2D eigenvalue weighted by molar-refractivity contribution is -0.179. The molecule has 0 radical (unpaired) electrons. The van der Waals surface area contributed by atoms with Crippen molar-refractivity contribution in [3.8, 4) is 0 Å². The Balaban J connectivity index is 1.71. The maximum atomic E-state index is 13.0. The molecule has 1 aromatic heterocycles. The van der Waals surface area contributed by atoms with Crippen molar-refractivity contribution >= 4 is 11.8 Å². The number of aromatic amines is 1. The van der Waals surface area contributed by atoms with E-state index in [1.165, 1.54) is 0 Å². The summed E-state index contributed by atoms with van der Waals surface area (Å²) in [4.78, 5) is 43.8. The largest absolute Gasteiger partial charge is 0.353 e. The van der Waals surface area contributed by atoms with E-state index in [1.807, 2.05) is 0 Å². The molecule has 1 spiro atoms. The summed E-state index contributed by atoms with van der Waals surface area (Å²) in [6, 6.07) is 1.49. The number of carbonyl (C=O) groups excluding carboxylic acids is 2. The van der Waals surface area contributed by atoms with Gasteiger partial charge in [-0.05, 0) is 31.9 Å². The summed E-state index contributed by atoms with van der Waals surface area (Å²) in [6.45, 7) is 5.34. The second-order valence-corrected chi connectivity index (χ2v) is 6.90. The highest BCUT2D eigenvalue weighted by Crippen LogP contribution is 2.45. The van der Waals surface area contributed by atoms with Crippen LogP contribution in [0.3, 0.4) is 0 Å². The van der Waals surface area contributed by atoms with Crippen LogP contribution >= 0.6 is 0 Å². The van der Waals surface area contributed by atoms with Gasteiger partial charge in [-0.15, -0.1) is 0 Å². The Morgan fingerprint density at radius 3 is 2.88 bits per heavy atom. The Labute approximate surface area is 139 Å². The fourth-order valence-corrected chi connectivity index (χ4v) is 4.46. The molecule has 7 nitrogen and oxygen atoms in total. The Hall–Kier alpha value is -2.15. The van der Waals surface area contributed by atoms with Crippen LogP contribution in [0.4, 0.5) is 0 Å². The average molecular weight is 331 g/mol. The van der Waals surface area contributed by atoms with Crippen molar-refractivity contribution in [2.75, 3.05) is 19.7 Å². The van der Waals surface area contributed by atoms with E-state index in [4.69, 9.17) is 4.74 Å². The second-order valence-electron chi connectivity index (χ2n) is 6.90. The van der Waals surface area contributed by atoms with Crippen LogP contribution in [0.5, 0.6) is 0 Å². The minimum atomic E-state index is -0.684. The molecule has 3 fully saturated rings. The highest BCUT2D eigenvalue weighted by Gasteiger charge is 2.61. The Morgan fingerprint density at radius 1 is 1.33 bits per heavy atom. The number of aryl methyl sites for hydroxylation is 2. The van der Waals surface area contributed by atoms with E-state index < -0.39 is 5.72 Å². The minimum absolute atomic E-state index is 0.0340. The first-order valence-corrected chi connectivity index (χ1v) is 8.40. The van der Waals surface area contributed by atoms with Gasteiger partial charge in [-0.2, -0.15) is 0 Å². The summed E-state index contributed by atoms with van der Waals surface area (Å²) in [5, 5.41) is 0. The van der Waals surface area contributed by atoms with Crippen molar-refractivity contribution in [3.05, 3.63) is 33.2 Å². The van der Waals surface area contributed by atoms with Crippen molar-refractivity contribution < 1.29 is 14.3 Å². The van der Waals surface area contributed by atoms with Crippen LogP contribution in [0.25, 0.3) is 0 Å². The fourth-order valence-electron chi connectivity index (χ4n) is 4.46. The third-order valence-corrected chi connectivity index (χ3v) is 5.45. The van der Waals surface area contributed by atoms with E-state index in [-0.39, 0.29) is 35.4 Å². The molecule has 0 aromatic carbocycles. The number of hydrogen-bond donors (Lipinski definition) is 1. The number of likely N-dealkylation sites (tertiary alicyclic amines) is 1. The zero-order chi connectivity index (χ0) is 17.1. The van der Waals surface area contributed by atoms with Gasteiger partial charge in [-0.3, -0.25) is 14.4 Å². The molecule has 0 bridgehead atoms. The highest BCUT2D eigenvalue weighted by atomic mass is 16.5. The van der Waals surface area contributed by atoms with Crippen molar-refractivity contribution in [2.24, 2.45) is 0 Å². The molecule has 0 unspecified atom stereocenters. The quantitative estimate of drug-likeness (QED) is 0.815. The molecule has 0 aliphatic carbocycles. The Morgan fingerprint density at radius 2 is 2.12 bits per heavy atom. The number of carbonyl (C=O) groups is 2. The smallest absolute Gasteiger partial charge is 0.261 e. The number of hydrogen-bond acceptors (Lipinski definition) is 4. The standard InChI is InChI=1S/C17H21N3O4/c1-10-8-11(2)18-15(22)14(10)16(23)19-6-4-17-12(19)9-13(21)20(17)5-3-7-24-17/h8,12H,3-7,9H2,1-2H3,(H,18,22)/t12-,17+/m1/s1.